The number of benzene rings is 13. The van der Waals surface area contributed by atoms with Crippen molar-refractivity contribution >= 4 is 140 Å². The third-order valence-corrected chi connectivity index (χ3v) is 32.2. The first-order valence-corrected chi connectivity index (χ1v) is 39.8. The van der Waals surface area contributed by atoms with E-state index >= 15 is 0 Å². The number of nitrogens with zero attached hydrogens (tertiary/aromatic N) is 4. The second-order valence-corrected chi connectivity index (χ2v) is 40.0. The van der Waals surface area contributed by atoms with Crippen LogP contribution in [0.4, 0.5) is 17.1 Å². The Balaban J connectivity index is 0.922. The topological polar surface area (TPSA) is 18.0 Å². The fraction of sp³-hybridized carbons (Fsp3) is 0.170. The molecular formula is C94H84N4Si2. The highest BCUT2D eigenvalue weighted by Crippen LogP contribution is 2.45. The highest BCUT2D eigenvalue weighted by Gasteiger charge is 2.56. The van der Waals surface area contributed by atoms with E-state index in [1.165, 1.54) is 135 Å². The molecule has 0 aliphatic carbocycles. The molecule has 0 fully saturated rings. The fourth-order valence-corrected chi connectivity index (χ4v) is 28.0. The standard InChI is InChI=1S/C94H84N4Si2/c1-91(2,3)61-42-48-78-72(54-61)73-55-62(92(4,5)6)43-49-79(73)96(78)66-46-52-82-76(59-66)77-60-67(97-80-50-44-63(93(7,8)9)56-74(80)75-57-64(94(10,11)12)45-51-81(75)97)47-53-83(77)95(82)65-28-26-35-71(58-65)100(70-33-20-15-21-34-70)87-39-25-23-37-85(87)98-84-36-22-24-38-86(84)99(68-29-16-13-17-30-68,69-31-18-14-19-32-69)88-40-27-41-89(100)90(88)98/h13-60H,1-12H3. The Kier molecular flexibility index (Phi) is 13.6. The van der Waals surface area contributed by atoms with Gasteiger partial charge in [-0.3, -0.25) is 0 Å². The van der Waals surface area contributed by atoms with Gasteiger partial charge in [-0.1, -0.05) is 265 Å². The maximum atomic E-state index is 2.67. The minimum absolute atomic E-state index is 0.0189. The zero-order valence-electron chi connectivity index (χ0n) is 59.5. The van der Waals surface area contributed by atoms with Gasteiger partial charge in [-0.05, 0) is 195 Å². The molecule has 2 aliphatic rings. The summed E-state index contributed by atoms with van der Waals surface area (Å²) in [5, 5.41) is 18.6. The summed E-state index contributed by atoms with van der Waals surface area (Å²) in [6, 6.07) is 114. The molecule has 0 amide bonds. The summed E-state index contributed by atoms with van der Waals surface area (Å²) in [5.74, 6) is 0. The van der Waals surface area contributed by atoms with E-state index < -0.39 is 16.1 Å². The van der Waals surface area contributed by atoms with E-state index in [9.17, 15) is 0 Å². The first-order chi connectivity index (χ1) is 48.1. The van der Waals surface area contributed by atoms with Crippen LogP contribution < -0.4 is 46.4 Å². The van der Waals surface area contributed by atoms with Crippen molar-refractivity contribution in [1.29, 1.82) is 0 Å². The van der Waals surface area contributed by atoms with Crippen LogP contribution >= 0.6 is 0 Å². The quantitative estimate of drug-likeness (QED) is 0.145. The molecule has 100 heavy (non-hydrogen) atoms. The molecule has 0 N–H and O–H groups in total. The molecule has 1 atom stereocenters. The number of rotatable bonds is 7. The molecule has 2 aliphatic heterocycles. The molecule has 0 spiro atoms. The van der Waals surface area contributed by atoms with Crippen molar-refractivity contribution in [1.82, 2.24) is 13.7 Å². The highest BCUT2D eigenvalue weighted by atomic mass is 28.3. The van der Waals surface area contributed by atoms with Crippen molar-refractivity contribution in [3.8, 4) is 17.1 Å². The van der Waals surface area contributed by atoms with Gasteiger partial charge in [-0.15, -0.1) is 0 Å². The zero-order chi connectivity index (χ0) is 68.6. The van der Waals surface area contributed by atoms with Crippen molar-refractivity contribution in [2.75, 3.05) is 4.90 Å². The summed E-state index contributed by atoms with van der Waals surface area (Å²) in [6.07, 6.45) is 0. The Morgan fingerprint density at radius 1 is 0.220 bits per heavy atom. The van der Waals surface area contributed by atoms with Crippen LogP contribution in [0, 0.1) is 0 Å². The Hall–Kier alpha value is -10.5. The third kappa shape index (κ3) is 9.01. The molecule has 1 unspecified atom stereocenters. The van der Waals surface area contributed by atoms with Crippen LogP contribution in [0.25, 0.3) is 82.5 Å². The summed E-state index contributed by atoms with van der Waals surface area (Å²) in [5.41, 5.74) is 19.7. The average Bonchev–Trinajstić information content (AvgIpc) is 1.01. The third-order valence-electron chi connectivity index (χ3n) is 22.6. The fourth-order valence-electron chi connectivity index (χ4n) is 17.6. The van der Waals surface area contributed by atoms with Gasteiger partial charge in [-0.2, -0.15) is 0 Å². The smallest absolute Gasteiger partial charge is 0.184 e. The minimum atomic E-state index is -3.30. The van der Waals surface area contributed by atoms with Crippen LogP contribution in [-0.2, 0) is 21.7 Å². The Labute approximate surface area is 590 Å². The molecule has 3 aromatic heterocycles. The van der Waals surface area contributed by atoms with Crippen LogP contribution in [0.3, 0.4) is 0 Å². The number of hydrogen-bond donors (Lipinski definition) is 0. The molecule has 5 heterocycles. The second kappa shape index (κ2) is 22.0. The van der Waals surface area contributed by atoms with Gasteiger partial charge in [0.1, 0.15) is 0 Å². The van der Waals surface area contributed by atoms with Gasteiger partial charge in [-0.25, -0.2) is 0 Å². The van der Waals surface area contributed by atoms with E-state index in [-0.39, 0.29) is 21.7 Å². The number of anilines is 3. The second-order valence-electron chi connectivity index (χ2n) is 32.6. The van der Waals surface area contributed by atoms with E-state index in [0.29, 0.717) is 0 Å². The van der Waals surface area contributed by atoms with E-state index in [0.717, 1.165) is 28.1 Å². The Bertz CT molecular complexity index is 5630. The molecule has 0 bridgehead atoms. The van der Waals surface area contributed by atoms with Gasteiger partial charge in [0, 0.05) is 66.4 Å². The summed E-state index contributed by atoms with van der Waals surface area (Å²) >= 11 is 0. The Morgan fingerprint density at radius 2 is 0.490 bits per heavy atom. The molecule has 4 nitrogen and oxygen atoms in total. The van der Waals surface area contributed by atoms with E-state index in [1.807, 2.05) is 0 Å². The minimum Gasteiger partial charge on any atom is -0.311 e. The first-order valence-electron chi connectivity index (χ1n) is 35.8. The van der Waals surface area contributed by atoms with Gasteiger partial charge in [0.15, 0.2) is 16.1 Å². The van der Waals surface area contributed by atoms with Crippen LogP contribution in [0.15, 0.2) is 291 Å². The van der Waals surface area contributed by atoms with Crippen molar-refractivity contribution in [3.05, 3.63) is 313 Å². The lowest BCUT2D eigenvalue weighted by Gasteiger charge is -2.52. The van der Waals surface area contributed by atoms with Gasteiger partial charge >= 0.3 is 0 Å². The molecule has 0 radical (unpaired) electrons. The number of para-hydroxylation sites is 3. The predicted molar refractivity (Wildman–Crippen MR) is 433 cm³/mol. The molecule has 0 saturated carbocycles. The normalized spacial score (nSPS) is 15.3. The summed E-state index contributed by atoms with van der Waals surface area (Å²) in [6.45, 7) is 27.9. The maximum Gasteiger partial charge on any atom is 0.184 e. The van der Waals surface area contributed by atoms with Crippen LogP contribution in [0.2, 0.25) is 0 Å². The van der Waals surface area contributed by atoms with E-state index in [4.69, 9.17) is 0 Å². The number of fused-ring (bicyclic) bond motifs is 13. The van der Waals surface area contributed by atoms with Crippen LogP contribution in [-0.4, -0.2) is 29.8 Å². The SMILES string of the molecule is CC(C)(C)c1ccc2c(c1)c1cc(C(C)(C)C)ccc1n2-c1ccc2c(c1)c1cc(-n3c4ccc(C(C)(C)C)cc4c4cc(C(C)(C)C)ccc43)ccc1n2-c1cccc([Si]2(c3ccccc3)c3ccccc3N3c4ccccc4[Si](c4ccccc4)(c4ccccc4)c4cccc2c43)c1. The monoisotopic (exact) mass is 1320 g/mol. The molecule has 6 heteroatoms. The molecular weight excluding hydrogens is 1240 g/mol. The summed E-state index contributed by atoms with van der Waals surface area (Å²) < 4.78 is 7.66. The van der Waals surface area contributed by atoms with Crippen molar-refractivity contribution in [3.63, 3.8) is 0 Å². The first kappa shape index (κ1) is 61.8. The summed E-state index contributed by atoms with van der Waals surface area (Å²) in [4.78, 5) is 2.67. The van der Waals surface area contributed by atoms with Crippen LogP contribution in [0.1, 0.15) is 105 Å². The van der Waals surface area contributed by atoms with Gasteiger partial charge in [0.25, 0.3) is 0 Å². The highest BCUT2D eigenvalue weighted by molar-refractivity contribution is 7.24. The van der Waals surface area contributed by atoms with Gasteiger partial charge in [0.05, 0.1) is 33.1 Å². The summed E-state index contributed by atoms with van der Waals surface area (Å²) in [7, 11) is -6.31. The van der Waals surface area contributed by atoms with E-state index in [1.54, 1.807) is 0 Å². The largest absolute Gasteiger partial charge is 0.311 e. The zero-order valence-corrected chi connectivity index (χ0v) is 61.5. The Morgan fingerprint density at radius 3 is 0.840 bits per heavy atom. The number of aromatic nitrogens is 3. The molecule has 488 valence electrons. The molecule has 0 saturated heterocycles. The molecule has 18 rings (SSSR count). The van der Waals surface area contributed by atoms with Crippen molar-refractivity contribution in [2.24, 2.45) is 0 Å². The van der Waals surface area contributed by atoms with Crippen molar-refractivity contribution in [2.45, 2.75) is 105 Å². The van der Waals surface area contributed by atoms with Crippen LogP contribution in [0.5, 0.6) is 0 Å². The lowest BCUT2D eigenvalue weighted by molar-refractivity contribution is 0.590. The van der Waals surface area contributed by atoms with Crippen molar-refractivity contribution < 1.29 is 0 Å². The average molecular weight is 1330 g/mol. The lowest BCUT2D eigenvalue weighted by atomic mass is 9.85. The molecule has 13 aromatic carbocycles. The predicted octanol–water partition coefficient (Wildman–Crippen LogP) is 19.0. The molecule has 16 aromatic rings. The number of hydrogen-bond acceptors (Lipinski definition) is 1. The lowest BCUT2D eigenvalue weighted by Crippen LogP contribution is -2.82. The van der Waals surface area contributed by atoms with E-state index in [2.05, 4.69) is 393 Å². The van der Waals surface area contributed by atoms with Gasteiger partial charge < -0.3 is 18.6 Å². The maximum absolute atomic E-state index is 3.30. The van der Waals surface area contributed by atoms with Gasteiger partial charge in [0.2, 0.25) is 0 Å².